The number of esters is 3. The monoisotopic (exact) mass is 405 g/mol. The Hall–Kier alpha value is -2.87. The summed E-state index contributed by atoms with van der Waals surface area (Å²) >= 11 is 0.907. The minimum atomic E-state index is -0.677. The van der Waals surface area contributed by atoms with Crippen LogP contribution in [0.2, 0.25) is 0 Å². The van der Waals surface area contributed by atoms with Crippen LogP contribution in [0.3, 0.4) is 0 Å². The van der Waals surface area contributed by atoms with Gasteiger partial charge < -0.3 is 19.9 Å². The maximum atomic E-state index is 12.5. The van der Waals surface area contributed by atoms with Crippen molar-refractivity contribution >= 4 is 34.2 Å². The number of ether oxygens (including phenoxy) is 3. The van der Waals surface area contributed by atoms with Gasteiger partial charge in [0.2, 0.25) is 0 Å². The molecule has 2 rings (SSSR count). The Labute approximate surface area is 167 Å². The first-order valence-electron chi connectivity index (χ1n) is 8.79. The number of anilines is 1. The number of benzene rings is 1. The zero-order chi connectivity index (χ0) is 20.8. The van der Waals surface area contributed by atoms with Gasteiger partial charge in [-0.3, -0.25) is 0 Å². The van der Waals surface area contributed by atoms with Gasteiger partial charge in [-0.15, -0.1) is 11.3 Å². The van der Waals surface area contributed by atoms with E-state index in [9.17, 15) is 14.4 Å². The summed E-state index contributed by atoms with van der Waals surface area (Å²) in [6, 6.07) is 5.35. The quantitative estimate of drug-likeness (QED) is 0.553. The maximum absolute atomic E-state index is 12.5. The fourth-order valence-electron chi connectivity index (χ4n) is 2.72. The number of hydrogen-bond acceptors (Lipinski definition) is 8. The van der Waals surface area contributed by atoms with E-state index in [2.05, 4.69) is 0 Å². The van der Waals surface area contributed by atoms with E-state index >= 15 is 0 Å². The summed E-state index contributed by atoms with van der Waals surface area (Å²) in [5.41, 5.74) is 8.39. The fourth-order valence-corrected chi connectivity index (χ4v) is 3.68. The standard InChI is InChI=1S/C20H23NO6S/c1-5-25-19(23)15-14(16(28-17(15)21)20(24)26-6-2)10-27-18(22)13-8-11(3)7-12(4)9-13/h7-9H,5-6,10,21H2,1-4H3. The summed E-state index contributed by atoms with van der Waals surface area (Å²) in [7, 11) is 0. The number of carbonyl (C=O) groups excluding carboxylic acids is 3. The Kier molecular flexibility index (Phi) is 7.17. The number of carbonyl (C=O) groups is 3. The van der Waals surface area contributed by atoms with Crippen LogP contribution in [0, 0.1) is 13.8 Å². The van der Waals surface area contributed by atoms with Crippen LogP contribution in [0.15, 0.2) is 18.2 Å². The molecule has 2 aromatic rings. The molecule has 28 heavy (non-hydrogen) atoms. The van der Waals surface area contributed by atoms with E-state index in [0.717, 1.165) is 22.5 Å². The molecule has 7 nitrogen and oxygen atoms in total. The van der Waals surface area contributed by atoms with E-state index in [1.165, 1.54) is 0 Å². The van der Waals surface area contributed by atoms with Crippen LogP contribution >= 0.6 is 11.3 Å². The van der Waals surface area contributed by atoms with Crippen LogP contribution in [-0.2, 0) is 20.8 Å². The number of aryl methyl sites for hydroxylation is 2. The zero-order valence-corrected chi connectivity index (χ0v) is 17.1. The van der Waals surface area contributed by atoms with Crippen LogP contribution in [0.5, 0.6) is 0 Å². The molecule has 0 aliphatic carbocycles. The Morgan fingerprint density at radius 1 is 0.893 bits per heavy atom. The molecule has 0 saturated heterocycles. The van der Waals surface area contributed by atoms with Crippen LogP contribution < -0.4 is 5.73 Å². The number of hydrogen-bond donors (Lipinski definition) is 1. The van der Waals surface area contributed by atoms with E-state index in [-0.39, 0.29) is 40.8 Å². The van der Waals surface area contributed by atoms with Crippen molar-refractivity contribution in [2.45, 2.75) is 34.3 Å². The summed E-state index contributed by atoms with van der Waals surface area (Å²) in [6.07, 6.45) is 0. The first kappa shape index (κ1) is 21.4. The fraction of sp³-hybridized carbons (Fsp3) is 0.350. The molecule has 0 aliphatic rings. The van der Waals surface area contributed by atoms with Crippen molar-refractivity contribution < 1.29 is 28.6 Å². The van der Waals surface area contributed by atoms with Gasteiger partial charge in [0.25, 0.3) is 0 Å². The van der Waals surface area contributed by atoms with Crippen molar-refractivity contribution in [3.8, 4) is 0 Å². The highest BCUT2D eigenvalue weighted by atomic mass is 32.1. The van der Waals surface area contributed by atoms with E-state index in [4.69, 9.17) is 19.9 Å². The molecule has 0 unspecified atom stereocenters. The first-order valence-corrected chi connectivity index (χ1v) is 9.60. The van der Waals surface area contributed by atoms with Crippen molar-refractivity contribution in [2.75, 3.05) is 18.9 Å². The average molecular weight is 405 g/mol. The summed E-state index contributed by atoms with van der Waals surface area (Å²) in [6.45, 7) is 7.08. The third-order valence-electron chi connectivity index (χ3n) is 3.78. The Bertz CT molecular complexity index is 882. The Balaban J connectivity index is 2.34. The summed E-state index contributed by atoms with van der Waals surface area (Å²) in [5.74, 6) is -1.88. The highest BCUT2D eigenvalue weighted by Crippen LogP contribution is 2.33. The van der Waals surface area contributed by atoms with Gasteiger partial charge in [0.1, 0.15) is 22.0 Å². The minimum absolute atomic E-state index is 0.0307. The van der Waals surface area contributed by atoms with Gasteiger partial charge in [0, 0.05) is 5.56 Å². The molecule has 1 aromatic carbocycles. The average Bonchev–Trinajstić information content (AvgIpc) is 2.95. The molecule has 1 heterocycles. The predicted molar refractivity (Wildman–Crippen MR) is 106 cm³/mol. The van der Waals surface area contributed by atoms with Gasteiger partial charge in [-0.05, 0) is 39.8 Å². The van der Waals surface area contributed by atoms with Crippen molar-refractivity contribution in [3.05, 3.63) is 50.9 Å². The van der Waals surface area contributed by atoms with Gasteiger partial charge in [0.15, 0.2) is 0 Å². The van der Waals surface area contributed by atoms with Crippen LogP contribution in [-0.4, -0.2) is 31.1 Å². The summed E-state index contributed by atoms with van der Waals surface area (Å²) in [4.78, 5) is 37.1. The third-order valence-corrected chi connectivity index (χ3v) is 4.82. The molecule has 0 fully saturated rings. The second-order valence-electron chi connectivity index (χ2n) is 6.04. The molecule has 0 spiro atoms. The normalized spacial score (nSPS) is 10.4. The van der Waals surface area contributed by atoms with Crippen molar-refractivity contribution in [3.63, 3.8) is 0 Å². The molecule has 150 valence electrons. The SMILES string of the molecule is CCOC(=O)c1sc(N)c(C(=O)OCC)c1COC(=O)c1cc(C)cc(C)c1. The van der Waals surface area contributed by atoms with Gasteiger partial charge in [-0.25, -0.2) is 14.4 Å². The Morgan fingerprint density at radius 2 is 1.46 bits per heavy atom. The van der Waals surface area contributed by atoms with Crippen LogP contribution in [0.4, 0.5) is 5.00 Å². The molecule has 0 saturated carbocycles. The molecule has 1 aromatic heterocycles. The number of nitrogen functional groups attached to an aromatic ring is 1. The second-order valence-corrected chi connectivity index (χ2v) is 7.09. The third kappa shape index (κ3) is 4.89. The van der Waals surface area contributed by atoms with Crippen molar-refractivity contribution in [2.24, 2.45) is 0 Å². The molecule has 2 N–H and O–H groups in total. The summed E-state index contributed by atoms with van der Waals surface area (Å²) in [5, 5.41) is 0.110. The van der Waals surface area contributed by atoms with Gasteiger partial charge >= 0.3 is 17.9 Å². The minimum Gasteiger partial charge on any atom is -0.462 e. The van der Waals surface area contributed by atoms with Crippen LogP contribution in [0.25, 0.3) is 0 Å². The lowest BCUT2D eigenvalue weighted by molar-refractivity contribution is 0.0437. The molecular formula is C20H23NO6S. The van der Waals surface area contributed by atoms with E-state index in [0.29, 0.717) is 5.56 Å². The summed E-state index contributed by atoms with van der Waals surface area (Å²) < 4.78 is 15.4. The molecule has 0 atom stereocenters. The molecular weight excluding hydrogens is 382 g/mol. The maximum Gasteiger partial charge on any atom is 0.348 e. The first-order chi connectivity index (χ1) is 13.3. The molecule has 0 amide bonds. The number of nitrogens with two attached hydrogens (primary N) is 1. The van der Waals surface area contributed by atoms with E-state index in [1.54, 1.807) is 26.0 Å². The Morgan fingerprint density at radius 3 is 2.04 bits per heavy atom. The molecule has 8 heteroatoms. The highest BCUT2D eigenvalue weighted by Gasteiger charge is 2.28. The smallest absolute Gasteiger partial charge is 0.348 e. The predicted octanol–water partition coefficient (Wildman–Crippen LogP) is 3.66. The van der Waals surface area contributed by atoms with Gasteiger partial charge in [-0.2, -0.15) is 0 Å². The zero-order valence-electron chi connectivity index (χ0n) is 16.3. The van der Waals surface area contributed by atoms with Gasteiger partial charge in [0.05, 0.1) is 18.8 Å². The topological polar surface area (TPSA) is 105 Å². The van der Waals surface area contributed by atoms with E-state index in [1.807, 2.05) is 19.9 Å². The lowest BCUT2D eigenvalue weighted by Gasteiger charge is -2.10. The van der Waals surface area contributed by atoms with Crippen molar-refractivity contribution in [1.82, 2.24) is 0 Å². The largest absolute Gasteiger partial charge is 0.462 e. The highest BCUT2D eigenvalue weighted by molar-refractivity contribution is 7.18. The van der Waals surface area contributed by atoms with Gasteiger partial charge in [-0.1, -0.05) is 17.2 Å². The molecule has 0 bridgehead atoms. The van der Waals surface area contributed by atoms with E-state index < -0.39 is 17.9 Å². The molecule has 0 aliphatic heterocycles. The van der Waals surface area contributed by atoms with Crippen molar-refractivity contribution in [1.29, 1.82) is 0 Å². The lowest BCUT2D eigenvalue weighted by Crippen LogP contribution is -2.14. The number of rotatable bonds is 7. The number of thiophene rings is 1. The lowest BCUT2D eigenvalue weighted by atomic mass is 10.1. The second kappa shape index (κ2) is 9.36. The molecule has 0 radical (unpaired) electrons. The van der Waals surface area contributed by atoms with Crippen LogP contribution in [0.1, 0.15) is 60.9 Å².